The lowest BCUT2D eigenvalue weighted by Gasteiger charge is -2.32. The van der Waals surface area contributed by atoms with Crippen LogP contribution < -0.4 is 4.72 Å². The highest BCUT2D eigenvalue weighted by atomic mass is 79.9. The number of likely N-dealkylation sites (N-methyl/N-ethyl adjacent to an activating group) is 1. The molecule has 5 nitrogen and oxygen atoms in total. The highest BCUT2D eigenvalue weighted by Gasteiger charge is 2.16. The van der Waals surface area contributed by atoms with Crippen LogP contribution in [-0.2, 0) is 15.4 Å². The highest BCUT2D eigenvalue weighted by molar-refractivity contribution is 9.08. The van der Waals surface area contributed by atoms with Crippen molar-refractivity contribution in [2.75, 3.05) is 46.3 Å². The zero-order valence-corrected chi connectivity index (χ0v) is 14.7. The molecule has 0 aromatic heterocycles. The first kappa shape index (κ1) is 16.9. The molecule has 2 rings (SSSR count). The van der Waals surface area contributed by atoms with Crippen LogP contribution in [0.5, 0.6) is 0 Å². The Morgan fingerprint density at radius 2 is 1.76 bits per heavy atom. The van der Waals surface area contributed by atoms with Crippen molar-refractivity contribution in [3.63, 3.8) is 0 Å². The first-order valence-corrected chi connectivity index (χ1v) is 9.67. The van der Waals surface area contributed by atoms with Gasteiger partial charge < -0.3 is 4.90 Å². The molecule has 7 heteroatoms. The Morgan fingerprint density at radius 3 is 2.33 bits per heavy atom. The van der Waals surface area contributed by atoms with Crippen LogP contribution in [0.4, 0.5) is 0 Å². The van der Waals surface area contributed by atoms with Crippen molar-refractivity contribution in [1.29, 1.82) is 0 Å². The molecule has 1 aliphatic heterocycles. The fraction of sp³-hybridized carbons (Fsp3) is 0.571. The number of nitrogens with one attached hydrogen (secondary N) is 1. The summed E-state index contributed by atoms with van der Waals surface area (Å²) >= 11 is 3.35. The van der Waals surface area contributed by atoms with Crippen molar-refractivity contribution in [2.45, 2.75) is 10.2 Å². The Kier molecular flexibility index (Phi) is 6.19. The van der Waals surface area contributed by atoms with E-state index in [1.54, 1.807) is 12.1 Å². The molecule has 0 amide bonds. The molecule has 1 aromatic carbocycles. The number of alkyl halides is 1. The summed E-state index contributed by atoms with van der Waals surface area (Å²) in [5.41, 5.74) is 1.06. The summed E-state index contributed by atoms with van der Waals surface area (Å²) < 4.78 is 27.0. The fourth-order valence-electron chi connectivity index (χ4n) is 2.25. The molecule has 1 aliphatic rings. The Balaban J connectivity index is 1.83. The molecule has 0 radical (unpaired) electrons. The van der Waals surface area contributed by atoms with E-state index in [1.807, 2.05) is 12.1 Å². The van der Waals surface area contributed by atoms with Crippen LogP contribution in [0.1, 0.15) is 5.56 Å². The predicted molar refractivity (Wildman–Crippen MR) is 88.2 cm³/mol. The SMILES string of the molecule is CN1CCN(CCNS(=O)(=O)c2ccc(CBr)cc2)CC1. The topological polar surface area (TPSA) is 52.6 Å². The molecule has 1 N–H and O–H groups in total. The molecule has 0 spiro atoms. The number of benzene rings is 1. The van der Waals surface area contributed by atoms with Crippen molar-refractivity contribution in [1.82, 2.24) is 14.5 Å². The maximum absolute atomic E-state index is 12.2. The summed E-state index contributed by atoms with van der Waals surface area (Å²) in [5, 5.41) is 0.726. The molecule has 0 saturated carbocycles. The summed E-state index contributed by atoms with van der Waals surface area (Å²) in [5.74, 6) is 0. The van der Waals surface area contributed by atoms with Gasteiger partial charge in [0.25, 0.3) is 0 Å². The lowest BCUT2D eigenvalue weighted by atomic mass is 10.2. The molecule has 1 heterocycles. The highest BCUT2D eigenvalue weighted by Crippen LogP contribution is 2.12. The van der Waals surface area contributed by atoms with Gasteiger partial charge in [-0.05, 0) is 24.7 Å². The Labute approximate surface area is 135 Å². The number of halogens is 1. The fourth-order valence-corrected chi connectivity index (χ4v) is 3.65. The number of nitrogens with zero attached hydrogens (tertiary/aromatic N) is 2. The zero-order chi connectivity index (χ0) is 15.3. The number of piperazine rings is 1. The van der Waals surface area contributed by atoms with Crippen LogP contribution >= 0.6 is 15.9 Å². The molecule has 1 saturated heterocycles. The summed E-state index contributed by atoms with van der Waals surface area (Å²) in [6, 6.07) is 6.94. The van der Waals surface area contributed by atoms with Crippen LogP contribution in [0, 0.1) is 0 Å². The molecule has 21 heavy (non-hydrogen) atoms. The smallest absolute Gasteiger partial charge is 0.240 e. The second-order valence-corrected chi connectivity index (χ2v) is 7.65. The number of hydrogen-bond acceptors (Lipinski definition) is 4. The van der Waals surface area contributed by atoms with Gasteiger partial charge in [-0.3, -0.25) is 4.90 Å². The van der Waals surface area contributed by atoms with Gasteiger partial charge in [0, 0.05) is 44.6 Å². The molecule has 0 atom stereocenters. The minimum atomic E-state index is -3.40. The van der Waals surface area contributed by atoms with Gasteiger partial charge in [-0.25, -0.2) is 13.1 Å². The Bertz CT molecular complexity index is 540. The summed E-state index contributed by atoms with van der Waals surface area (Å²) in [6.07, 6.45) is 0. The van der Waals surface area contributed by atoms with Crippen molar-refractivity contribution in [3.05, 3.63) is 29.8 Å². The first-order valence-electron chi connectivity index (χ1n) is 7.07. The third-order valence-corrected chi connectivity index (χ3v) is 5.83. The molecular formula is C14H22BrN3O2S. The van der Waals surface area contributed by atoms with E-state index in [1.165, 1.54) is 0 Å². The summed E-state index contributed by atoms with van der Waals surface area (Å²) in [6.45, 7) is 5.29. The van der Waals surface area contributed by atoms with Crippen LogP contribution in [0.25, 0.3) is 0 Å². The standard InChI is InChI=1S/C14H22BrN3O2S/c1-17-8-10-18(11-9-17)7-6-16-21(19,20)14-4-2-13(12-15)3-5-14/h2-5,16H,6-12H2,1H3. The first-order chi connectivity index (χ1) is 10.0. The largest absolute Gasteiger partial charge is 0.304 e. The number of sulfonamides is 1. The lowest BCUT2D eigenvalue weighted by Crippen LogP contribution is -2.46. The van der Waals surface area contributed by atoms with Gasteiger partial charge in [0.1, 0.15) is 0 Å². The normalized spacial score (nSPS) is 18.0. The molecule has 1 aromatic rings. The van der Waals surface area contributed by atoms with Crippen LogP contribution in [0.15, 0.2) is 29.2 Å². The van der Waals surface area contributed by atoms with E-state index in [0.29, 0.717) is 11.4 Å². The van der Waals surface area contributed by atoms with Gasteiger partial charge in [-0.15, -0.1) is 0 Å². The maximum atomic E-state index is 12.2. The monoisotopic (exact) mass is 375 g/mol. The van der Waals surface area contributed by atoms with E-state index in [2.05, 4.69) is 37.5 Å². The van der Waals surface area contributed by atoms with Crippen molar-refractivity contribution >= 4 is 26.0 Å². The lowest BCUT2D eigenvalue weighted by molar-refractivity contribution is 0.156. The predicted octanol–water partition coefficient (Wildman–Crippen LogP) is 1.11. The molecule has 0 aliphatic carbocycles. The molecule has 1 fully saturated rings. The van der Waals surface area contributed by atoms with Gasteiger partial charge in [-0.1, -0.05) is 28.1 Å². The minimum Gasteiger partial charge on any atom is -0.304 e. The summed E-state index contributed by atoms with van der Waals surface area (Å²) in [4.78, 5) is 4.90. The average molecular weight is 376 g/mol. The average Bonchev–Trinajstić information content (AvgIpc) is 2.49. The van der Waals surface area contributed by atoms with E-state index in [-0.39, 0.29) is 0 Å². The van der Waals surface area contributed by atoms with Gasteiger partial charge >= 0.3 is 0 Å². The third-order valence-electron chi connectivity index (χ3n) is 3.70. The third kappa shape index (κ3) is 5.03. The summed E-state index contributed by atoms with van der Waals surface area (Å²) in [7, 11) is -1.29. The van der Waals surface area contributed by atoms with Gasteiger partial charge in [0.05, 0.1) is 4.90 Å². The van der Waals surface area contributed by atoms with Gasteiger partial charge in [0.15, 0.2) is 0 Å². The maximum Gasteiger partial charge on any atom is 0.240 e. The molecule has 118 valence electrons. The van der Waals surface area contributed by atoms with Crippen LogP contribution in [0.2, 0.25) is 0 Å². The van der Waals surface area contributed by atoms with Gasteiger partial charge in [0.2, 0.25) is 10.0 Å². The van der Waals surface area contributed by atoms with E-state index in [4.69, 9.17) is 0 Å². The second kappa shape index (κ2) is 7.69. The number of rotatable bonds is 6. The Hall–Kier alpha value is -0.470. The van der Waals surface area contributed by atoms with Crippen molar-refractivity contribution < 1.29 is 8.42 Å². The van der Waals surface area contributed by atoms with E-state index in [9.17, 15) is 8.42 Å². The van der Waals surface area contributed by atoms with Crippen LogP contribution in [0.3, 0.4) is 0 Å². The quantitative estimate of drug-likeness (QED) is 0.756. The van der Waals surface area contributed by atoms with Crippen molar-refractivity contribution in [3.8, 4) is 0 Å². The van der Waals surface area contributed by atoms with Crippen LogP contribution in [-0.4, -0.2) is 64.5 Å². The number of hydrogen-bond donors (Lipinski definition) is 1. The van der Waals surface area contributed by atoms with Gasteiger partial charge in [-0.2, -0.15) is 0 Å². The van der Waals surface area contributed by atoms with E-state index in [0.717, 1.165) is 43.6 Å². The molecule has 0 bridgehead atoms. The Morgan fingerprint density at radius 1 is 1.14 bits per heavy atom. The van der Waals surface area contributed by atoms with Crippen molar-refractivity contribution in [2.24, 2.45) is 0 Å². The molecular weight excluding hydrogens is 354 g/mol. The van der Waals surface area contributed by atoms with E-state index < -0.39 is 10.0 Å². The zero-order valence-electron chi connectivity index (χ0n) is 12.3. The second-order valence-electron chi connectivity index (χ2n) is 5.32. The minimum absolute atomic E-state index is 0.325. The van der Waals surface area contributed by atoms with E-state index >= 15 is 0 Å². The molecule has 0 unspecified atom stereocenters.